The molecule has 0 aromatic heterocycles. The topological polar surface area (TPSA) is 122 Å². The van der Waals surface area contributed by atoms with E-state index in [0.717, 1.165) is 41.9 Å². The van der Waals surface area contributed by atoms with Crippen LogP contribution in [0.1, 0.15) is 92.7 Å². The third-order valence-electron chi connectivity index (χ3n) is 7.81. The summed E-state index contributed by atoms with van der Waals surface area (Å²) in [5.74, 6) is 0.618. The third-order valence-corrected chi connectivity index (χ3v) is 7.81. The van der Waals surface area contributed by atoms with Crippen molar-refractivity contribution in [1.82, 2.24) is 0 Å². The predicted octanol–water partition coefficient (Wildman–Crippen LogP) is 6.45. The molecule has 10 heteroatoms. The number of hydrogen-bond acceptors (Lipinski definition) is 6. The van der Waals surface area contributed by atoms with Crippen LogP contribution >= 0.6 is 40.5 Å². The van der Waals surface area contributed by atoms with Gasteiger partial charge in [-0.3, -0.25) is 4.79 Å². The van der Waals surface area contributed by atoms with Crippen LogP contribution in [0.3, 0.4) is 0 Å². The van der Waals surface area contributed by atoms with Gasteiger partial charge in [0.1, 0.15) is 0 Å². The summed E-state index contributed by atoms with van der Waals surface area (Å²) < 4.78 is 10.5. The number of ether oxygens (including phenoxy) is 2. The molecule has 47 heavy (non-hydrogen) atoms. The second-order valence-electron chi connectivity index (χ2n) is 12.3. The highest BCUT2D eigenvalue weighted by Gasteiger charge is 2.27. The van der Waals surface area contributed by atoms with E-state index in [-0.39, 0.29) is 40.5 Å². The van der Waals surface area contributed by atoms with E-state index in [2.05, 4.69) is 27.7 Å². The van der Waals surface area contributed by atoms with Crippen LogP contribution in [0.15, 0.2) is 60.7 Å². The lowest BCUT2D eigenvalue weighted by atomic mass is 9.77. The zero-order valence-corrected chi connectivity index (χ0v) is 32.1. The molecular formula is C37H56NO6S3-. The molecule has 0 saturated carbocycles. The molecular weight excluding hydrogens is 651 g/mol. The number of carbonyl (C=O) groups is 2. The first kappa shape index (κ1) is 46.3. The second-order valence-corrected chi connectivity index (χ2v) is 12.3. The number of hydrogen-bond donors (Lipinski definition) is 2. The Morgan fingerprint density at radius 3 is 1.51 bits per heavy atom. The first-order valence-corrected chi connectivity index (χ1v) is 15.4. The number of methoxy groups -OCH3 is 2. The van der Waals surface area contributed by atoms with Gasteiger partial charge in [-0.2, -0.15) is 40.5 Å². The van der Waals surface area contributed by atoms with E-state index >= 15 is 0 Å². The molecule has 0 saturated heterocycles. The number of nitrogens with two attached hydrogens (primary N) is 1. The van der Waals surface area contributed by atoms with Gasteiger partial charge in [0.25, 0.3) is 0 Å². The van der Waals surface area contributed by atoms with Crippen molar-refractivity contribution in [3.8, 4) is 11.5 Å². The van der Waals surface area contributed by atoms with E-state index < -0.39 is 23.8 Å². The third kappa shape index (κ3) is 14.5. The summed E-state index contributed by atoms with van der Waals surface area (Å²) in [6.07, 6.45) is 3.13. The van der Waals surface area contributed by atoms with E-state index in [1.54, 1.807) is 28.1 Å². The summed E-state index contributed by atoms with van der Waals surface area (Å²) >= 11 is 0. The van der Waals surface area contributed by atoms with Crippen LogP contribution in [0.5, 0.6) is 11.5 Å². The minimum Gasteiger partial charge on any atom is -0.550 e. The van der Waals surface area contributed by atoms with Crippen molar-refractivity contribution in [3.05, 3.63) is 94.0 Å². The van der Waals surface area contributed by atoms with Crippen molar-refractivity contribution in [1.29, 1.82) is 0 Å². The van der Waals surface area contributed by atoms with Crippen molar-refractivity contribution in [3.63, 3.8) is 0 Å². The van der Waals surface area contributed by atoms with Crippen LogP contribution in [0.2, 0.25) is 0 Å². The van der Waals surface area contributed by atoms with Gasteiger partial charge in [-0.05, 0) is 90.1 Å². The molecule has 3 atom stereocenters. The van der Waals surface area contributed by atoms with Gasteiger partial charge < -0.3 is 30.2 Å². The SMILES string of the molecule is CC(C)Cc1ccc([C@@H](C)C(=O)O)cc1.CC(C)Cc1ccc([C@@H](C)C(=O)[O-])cc1.COc1cc2c(cc1OC)C(CN)C2.S.S.S. The standard InChI is InChI=1S/2C13H18O2.C11H15NO2.3H2S/c2*1-9(2)8-11-4-6-12(7-5-11)10(3)13(14)15;1-13-10-4-7-3-8(6-12)9(7)5-11(10)14-2;;;/h2*4-7,9-10H,8H2,1-3H3,(H,14,15);4-5,8H,3,6,12H2,1-2H3;3*1H2/p-1/t2*10-;;;;/m11..../s1. The smallest absolute Gasteiger partial charge is 0.310 e. The summed E-state index contributed by atoms with van der Waals surface area (Å²) in [7, 11) is 3.31. The molecule has 0 radical (unpaired) electrons. The minimum atomic E-state index is -1.02. The molecule has 3 aromatic rings. The fourth-order valence-electron chi connectivity index (χ4n) is 5.05. The van der Waals surface area contributed by atoms with E-state index in [1.165, 1.54) is 22.3 Å². The van der Waals surface area contributed by atoms with Gasteiger partial charge in [-0.1, -0.05) is 83.1 Å². The molecule has 1 aliphatic carbocycles. The summed E-state index contributed by atoms with van der Waals surface area (Å²) in [6.45, 7) is 12.7. The van der Waals surface area contributed by atoms with Crippen LogP contribution in [0, 0.1) is 11.8 Å². The molecule has 0 bridgehead atoms. The van der Waals surface area contributed by atoms with Gasteiger partial charge >= 0.3 is 5.97 Å². The van der Waals surface area contributed by atoms with Crippen LogP contribution in [0.25, 0.3) is 0 Å². The maximum atomic E-state index is 10.8. The lowest BCUT2D eigenvalue weighted by Gasteiger charge is -2.30. The number of rotatable bonds is 11. The minimum absolute atomic E-state index is 0. The van der Waals surface area contributed by atoms with Crippen molar-refractivity contribution >= 4 is 52.4 Å². The van der Waals surface area contributed by atoms with Crippen LogP contribution < -0.4 is 20.3 Å². The van der Waals surface area contributed by atoms with Gasteiger partial charge in [0, 0.05) is 17.8 Å². The van der Waals surface area contributed by atoms with Gasteiger partial charge in [0.15, 0.2) is 11.5 Å². The Morgan fingerprint density at radius 1 is 0.766 bits per heavy atom. The van der Waals surface area contributed by atoms with Gasteiger partial charge in [0.2, 0.25) is 0 Å². The number of carboxylic acid groups (broad SMARTS) is 2. The first-order chi connectivity index (χ1) is 20.8. The largest absolute Gasteiger partial charge is 0.550 e. The summed E-state index contributed by atoms with van der Waals surface area (Å²) in [5, 5.41) is 19.5. The number of aliphatic carboxylic acids is 2. The Balaban J connectivity index is 0. The Hall–Kier alpha value is -2.79. The molecule has 0 aliphatic heterocycles. The normalized spacial score (nSPS) is 13.6. The van der Waals surface area contributed by atoms with Crippen molar-refractivity contribution in [2.45, 2.75) is 78.6 Å². The number of benzene rings is 3. The molecule has 7 nitrogen and oxygen atoms in total. The van der Waals surface area contributed by atoms with Crippen LogP contribution in [-0.2, 0) is 28.9 Å². The van der Waals surface area contributed by atoms with E-state index in [9.17, 15) is 14.7 Å². The molecule has 3 aromatic carbocycles. The molecule has 0 amide bonds. The highest BCUT2D eigenvalue weighted by molar-refractivity contribution is 7.59. The van der Waals surface area contributed by atoms with Crippen molar-refractivity contribution < 1.29 is 29.3 Å². The lowest BCUT2D eigenvalue weighted by molar-refractivity contribution is -0.307. The highest BCUT2D eigenvalue weighted by atomic mass is 32.1. The van der Waals surface area contributed by atoms with Crippen molar-refractivity contribution in [2.75, 3.05) is 20.8 Å². The van der Waals surface area contributed by atoms with E-state index in [1.807, 2.05) is 60.7 Å². The summed E-state index contributed by atoms with van der Waals surface area (Å²) in [4.78, 5) is 21.4. The Bertz CT molecular complexity index is 1280. The molecule has 0 fully saturated rings. The molecule has 4 rings (SSSR count). The van der Waals surface area contributed by atoms with Crippen LogP contribution in [-0.4, -0.2) is 37.8 Å². The predicted molar refractivity (Wildman–Crippen MR) is 206 cm³/mol. The fraction of sp³-hybridized carbons (Fsp3) is 0.459. The van der Waals surface area contributed by atoms with Gasteiger partial charge in [-0.25, -0.2) is 0 Å². The second kappa shape index (κ2) is 22.7. The Morgan fingerprint density at radius 2 is 1.17 bits per heavy atom. The van der Waals surface area contributed by atoms with Gasteiger partial charge in [-0.15, -0.1) is 0 Å². The number of carboxylic acids is 2. The lowest BCUT2D eigenvalue weighted by Crippen LogP contribution is -2.27. The Kier molecular flexibility index (Phi) is 22.4. The molecule has 3 N–H and O–H groups in total. The summed E-state index contributed by atoms with van der Waals surface area (Å²) in [5.41, 5.74) is 12.5. The summed E-state index contributed by atoms with van der Waals surface area (Å²) in [6, 6.07) is 19.7. The Labute approximate surface area is 303 Å². The average Bonchev–Trinajstić information content (AvgIpc) is 2.98. The van der Waals surface area contributed by atoms with Crippen molar-refractivity contribution in [2.24, 2.45) is 17.6 Å². The number of fused-ring (bicyclic) bond motifs is 1. The van der Waals surface area contributed by atoms with Crippen LogP contribution in [0.4, 0.5) is 0 Å². The monoisotopic (exact) mass is 706 g/mol. The zero-order valence-electron chi connectivity index (χ0n) is 29.1. The molecule has 264 valence electrons. The maximum absolute atomic E-state index is 10.8. The molecule has 1 unspecified atom stereocenters. The highest BCUT2D eigenvalue weighted by Crippen LogP contribution is 2.41. The quantitative estimate of drug-likeness (QED) is 0.235. The fourth-order valence-corrected chi connectivity index (χ4v) is 5.05. The molecule has 0 spiro atoms. The average molecular weight is 707 g/mol. The first-order valence-electron chi connectivity index (χ1n) is 15.4. The molecule has 0 heterocycles. The number of carbonyl (C=O) groups excluding carboxylic acids is 1. The van der Waals surface area contributed by atoms with E-state index in [0.29, 0.717) is 24.3 Å². The maximum Gasteiger partial charge on any atom is 0.310 e. The van der Waals surface area contributed by atoms with E-state index in [4.69, 9.17) is 20.3 Å². The zero-order chi connectivity index (χ0) is 33.0. The van der Waals surface area contributed by atoms with Gasteiger partial charge in [0.05, 0.1) is 20.1 Å². The molecule has 1 aliphatic rings.